The summed E-state index contributed by atoms with van der Waals surface area (Å²) in [5.41, 5.74) is 8.78. The lowest BCUT2D eigenvalue weighted by Gasteiger charge is -2.30. The van der Waals surface area contributed by atoms with Crippen molar-refractivity contribution in [3.63, 3.8) is 0 Å². The fourth-order valence-corrected chi connectivity index (χ4v) is 5.74. The molecule has 4 N–H and O–H groups in total. The van der Waals surface area contributed by atoms with E-state index in [1.807, 2.05) is 24.3 Å². The van der Waals surface area contributed by atoms with Crippen LogP contribution >= 0.6 is 0 Å². The number of benzene rings is 1. The Morgan fingerprint density at radius 3 is 2.42 bits per heavy atom. The molecule has 2 heterocycles. The number of carbonyl (C=O) groups is 1. The number of hydrogen-bond acceptors (Lipinski definition) is 7. The second-order valence-electron chi connectivity index (χ2n) is 9.60. The Morgan fingerprint density at radius 1 is 1.08 bits per heavy atom. The lowest BCUT2D eigenvalue weighted by Crippen LogP contribution is -2.47. The van der Waals surface area contributed by atoms with Crippen molar-refractivity contribution in [2.75, 3.05) is 11.9 Å². The molecule has 1 aromatic carbocycles. The molecule has 0 fully saturated rings. The van der Waals surface area contributed by atoms with Gasteiger partial charge in [0.1, 0.15) is 12.4 Å². The van der Waals surface area contributed by atoms with Crippen molar-refractivity contribution in [1.82, 2.24) is 9.97 Å². The monoisotopic (exact) mass is 510 g/mol. The second kappa shape index (κ2) is 11.2. The molecular formula is C27H34N4O4S. The maximum atomic E-state index is 13.9. The predicted molar refractivity (Wildman–Crippen MR) is 140 cm³/mol. The summed E-state index contributed by atoms with van der Waals surface area (Å²) in [7, 11) is -4.14. The smallest absolute Gasteiger partial charge is 0.322 e. The zero-order valence-corrected chi connectivity index (χ0v) is 21.8. The number of anilines is 1. The molecule has 1 atom stereocenters. The Hall–Kier alpha value is -3.30. The number of sulfone groups is 1. The average Bonchev–Trinajstić information content (AvgIpc) is 2.87. The number of nitrogens with zero attached hydrogens (tertiary/aromatic N) is 2. The molecule has 8 nitrogen and oxygen atoms in total. The fraction of sp³-hybridized carbons (Fsp3) is 0.370. The van der Waals surface area contributed by atoms with Crippen molar-refractivity contribution in [3.8, 4) is 0 Å². The molecule has 1 unspecified atom stereocenters. The van der Waals surface area contributed by atoms with Crippen LogP contribution in [-0.2, 0) is 31.3 Å². The molecule has 2 aromatic heterocycles. The molecule has 0 bridgehead atoms. The van der Waals surface area contributed by atoms with Crippen molar-refractivity contribution in [3.05, 3.63) is 83.8 Å². The van der Waals surface area contributed by atoms with Crippen LogP contribution in [0.3, 0.4) is 0 Å². The molecule has 9 heteroatoms. The molecular weight excluding hydrogens is 476 g/mol. The summed E-state index contributed by atoms with van der Waals surface area (Å²) in [4.78, 5) is 17.4. The predicted octanol–water partition coefficient (Wildman–Crippen LogP) is 4.27. The fourth-order valence-electron chi connectivity index (χ4n) is 4.11. The Labute approximate surface area is 212 Å². The molecule has 36 heavy (non-hydrogen) atoms. The lowest BCUT2D eigenvalue weighted by molar-refractivity contribution is -0.134. The van der Waals surface area contributed by atoms with Crippen LogP contribution < -0.4 is 11.1 Å². The number of carboxylic acid groups (broad SMARTS) is 1. The van der Waals surface area contributed by atoms with E-state index < -0.39 is 20.7 Å². The highest BCUT2D eigenvalue weighted by Gasteiger charge is 2.44. The van der Waals surface area contributed by atoms with Crippen LogP contribution in [-0.4, -0.2) is 36.0 Å². The van der Waals surface area contributed by atoms with E-state index in [1.54, 1.807) is 24.3 Å². The molecule has 0 amide bonds. The third kappa shape index (κ3) is 6.09. The largest absolute Gasteiger partial charge is 0.480 e. The number of hydrogen-bond donors (Lipinski definition) is 3. The van der Waals surface area contributed by atoms with Gasteiger partial charge in [0.05, 0.1) is 10.6 Å². The maximum Gasteiger partial charge on any atom is 0.322 e. The zero-order valence-electron chi connectivity index (χ0n) is 20.9. The molecule has 3 aromatic rings. The number of carboxylic acids is 1. The summed E-state index contributed by atoms with van der Waals surface area (Å²) in [5, 5.41) is 11.7. The minimum atomic E-state index is -4.14. The number of rotatable bonds is 12. The number of aliphatic carboxylic acids is 1. The standard InChI is InChI=1S/C27H34N4O4S/c1-4-5-15-26(2,3)21-13-11-20(12-14-21)17-27(28,36(34,35)22-8-7-16-29-18-22)23-9-6-10-24(31-23)30-19-25(32)33/h6-14,16,18H,4-5,15,17,19,28H2,1-3H3,(H,30,31)(H,32,33). The number of unbranched alkanes of at least 4 members (excludes halogenated alkanes) is 1. The first-order valence-electron chi connectivity index (χ1n) is 12.0. The van der Waals surface area contributed by atoms with Gasteiger partial charge in [-0.05, 0) is 47.2 Å². The summed E-state index contributed by atoms with van der Waals surface area (Å²) < 4.78 is 27.7. The highest BCUT2D eigenvalue weighted by atomic mass is 32.2. The van der Waals surface area contributed by atoms with Crippen molar-refractivity contribution in [2.45, 2.75) is 61.6 Å². The molecule has 192 valence electrons. The number of nitrogens with one attached hydrogen (secondary N) is 1. The van der Waals surface area contributed by atoms with Gasteiger partial charge in [0.15, 0.2) is 4.87 Å². The van der Waals surface area contributed by atoms with Gasteiger partial charge >= 0.3 is 5.97 Å². The van der Waals surface area contributed by atoms with E-state index in [0.717, 1.165) is 24.8 Å². The Bertz CT molecular complexity index is 1280. The topological polar surface area (TPSA) is 135 Å². The Balaban J connectivity index is 2.04. The Kier molecular flexibility index (Phi) is 8.47. The van der Waals surface area contributed by atoms with E-state index in [-0.39, 0.29) is 34.8 Å². The highest BCUT2D eigenvalue weighted by molar-refractivity contribution is 7.92. The molecule has 0 radical (unpaired) electrons. The third-order valence-electron chi connectivity index (χ3n) is 6.39. The first-order chi connectivity index (χ1) is 17.0. The van der Waals surface area contributed by atoms with E-state index in [0.29, 0.717) is 0 Å². The van der Waals surface area contributed by atoms with Gasteiger partial charge < -0.3 is 16.2 Å². The van der Waals surface area contributed by atoms with Crippen LogP contribution in [0.4, 0.5) is 5.82 Å². The minimum Gasteiger partial charge on any atom is -0.480 e. The molecule has 0 spiro atoms. The average molecular weight is 511 g/mol. The van der Waals surface area contributed by atoms with E-state index in [4.69, 9.17) is 10.8 Å². The highest BCUT2D eigenvalue weighted by Crippen LogP contribution is 2.35. The second-order valence-corrected chi connectivity index (χ2v) is 11.8. The lowest BCUT2D eigenvalue weighted by atomic mass is 9.80. The van der Waals surface area contributed by atoms with Gasteiger partial charge in [-0.15, -0.1) is 0 Å². The normalized spacial score (nSPS) is 13.7. The van der Waals surface area contributed by atoms with E-state index in [2.05, 4.69) is 36.1 Å². The maximum absolute atomic E-state index is 13.9. The van der Waals surface area contributed by atoms with Gasteiger partial charge in [-0.3, -0.25) is 9.78 Å². The summed E-state index contributed by atoms with van der Waals surface area (Å²) >= 11 is 0. The minimum absolute atomic E-state index is 0.00181. The number of pyridine rings is 2. The summed E-state index contributed by atoms with van der Waals surface area (Å²) in [6.07, 6.45) is 6.03. The molecule has 0 aliphatic rings. The Morgan fingerprint density at radius 2 is 1.81 bits per heavy atom. The van der Waals surface area contributed by atoms with Crippen LogP contribution in [0.25, 0.3) is 0 Å². The van der Waals surface area contributed by atoms with Crippen LogP contribution in [0.5, 0.6) is 0 Å². The first kappa shape index (κ1) is 27.3. The molecule has 3 rings (SSSR count). The van der Waals surface area contributed by atoms with E-state index in [9.17, 15) is 13.2 Å². The van der Waals surface area contributed by atoms with Crippen molar-refractivity contribution in [2.24, 2.45) is 5.73 Å². The van der Waals surface area contributed by atoms with Crippen molar-refractivity contribution >= 4 is 21.6 Å². The summed E-state index contributed by atoms with van der Waals surface area (Å²) in [5.74, 6) is -0.842. The first-order valence-corrected chi connectivity index (χ1v) is 13.4. The van der Waals surface area contributed by atoms with E-state index >= 15 is 0 Å². The molecule has 0 aliphatic heterocycles. The van der Waals surface area contributed by atoms with Gasteiger partial charge in [-0.1, -0.05) is 63.9 Å². The number of aromatic nitrogens is 2. The van der Waals surface area contributed by atoms with Crippen LogP contribution in [0.15, 0.2) is 71.9 Å². The summed E-state index contributed by atoms with van der Waals surface area (Å²) in [6.45, 7) is 6.22. The molecule has 0 saturated heterocycles. The van der Waals surface area contributed by atoms with E-state index in [1.165, 1.54) is 24.0 Å². The van der Waals surface area contributed by atoms with Gasteiger partial charge in [0.25, 0.3) is 0 Å². The SMILES string of the molecule is CCCCC(C)(C)c1ccc(CC(N)(c2cccc(NCC(=O)O)n2)S(=O)(=O)c2cccnc2)cc1. The zero-order chi connectivity index (χ0) is 26.4. The molecule has 0 aliphatic carbocycles. The summed E-state index contributed by atoms with van der Waals surface area (Å²) in [6, 6.07) is 15.6. The van der Waals surface area contributed by atoms with Gasteiger partial charge in [-0.2, -0.15) is 0 Å². The van der Waals surface area contributed by atoms with Gasteiger partial charge in [-0.25, -0.2) is 13.4 Å². The third-order valence-corrected chi connectivity index (χ3v) is 8.56. The van der Waals surface area contributed by atoms with Gasteiger partial charge in [0.2, 0.25) is 9.84 Å². The van der Waals surface area contributed by atoms with Crippen LogP contribution in [0, 0.1) is 0 Å². The molecule has 0 saturated carbocycles. The van der Waals surface area contributed by atoms with Gasteiger partial charge in [0, 0.05) is 18.8 Å². The van der Waals surface area contributed by atoms with Crippen LogP contribution in [0.2, 0.25) is 0 Å². The van der Waals surface area contributed by atoms with Crippen LogP contribution in [0.1, 0.15) is 56.9 Å². The van der Waals surface area contributed by atoms with Crippen molar-refractivity contribution < 1.29 is 18.3 Å². The quantitative estimate of drug-likeness (QED) is 0.329. The number of nitrogens with two attached hydrogens (primary N) is 1. The van der Waals surface area contributed by atoms with Crippen molar-refractivity contribution in [1.29, 1.82) is 0 Å².